The molecule has 3 aromatic rings. The van der Waals surface area contributed by atoms with Crippen molar-refractivity contribution in [2.45, 2.75) is 24.2 Å². The van der Waals surface area contributed by atoms with Gasteiger partial charge in [-0.15, -0.1) is 11.3 Å². The lowest BCUT2D eigenvalue weighted by molar-refractivity contribution is 0.0748. The van der Waals surface area contributed by atoms with Crippen molar-refractivity contribution in [1.82, 2.24) is 29.0 Å². The molecule has 0 atom stereocenters. The summed E-state index contributed by atoms with van der Waals surface area (Å²) >= 11 is 1.20. The van der Waals surface area contributed by atoms with E-state index < -0.39 is 10.0 Å². The molecule has 2 saturated heterocycles. The molecular weight excluding hydrogens is 450 g/mol. The molecule has 170 valence electrons. The minimum Gasteiger partial charge on any atom is -0.352 e. The van der Waals surface area contributed by atoms with E-state index in [9.17, 15) is 13.2 Å². The third-order valence-electron chi connectivity index (χ3n) is 6.13. The van der Waals surface area contributed by atoms with Crippen molar-refractivity contribution in [2.24, 2.45) is 7.05 Å². The van der Waals surface area contributed by atoms with E-state index in [1.54, 1.807) is 27.2 Å². The van der Waals surface area contributed by atoms with Gasteiger partial charge in [0.05, 0.1) is 11.6 Å². The zero-order valence-electron chi connectivity index (χ0n) is 17.8. The summed E-state index contributed by atoms with van der Waals surface area (Å²) in [5, 5.41) is 6.84. The van der Waals surface area contributed by atoms with Crippen molar-refractivity contribution in [3.05, 3.63) is 28.8 Å². The molecule has 0 unspecified atom stereocenters. The largest absolute Gasteiger partial charge is 0.352 e. The summed E-state index contributed by atoms with van der Waals surface area (Å²) in [4.78, 5) is 26.3. The minimum atomic E-state index is -3.65. The van der Waals surface area contributed by atoms with E-state index in [0.29, 0.717) is 44.1 Å². The highest BCUT2D eigenvalue weighted by Gasteiger charge is 2.33. The average molecular weight is 476 g/mol. The smallest absolute Gasteiger partial charge is 0.265 e. The fourth-order valence-corrected chi connectivity index (χ4v) is 7.25. The van der Waals surface area contributed by atoms with E-state index in [4.69, 9.17) is 0 Å². The molecule has 0 aliphatic carbocycles. The lowest BCUT2D eigenvalue weighted by atomic mass is 10.2. The van der Waals surface area contributed by atoms with E-state index in [-0.39, 0.29) is 10.8 Å². The van der Waals surface area contributed by atoms with Gasteiger partial charge in [0.25, 0.3) is 5.91 Å². The van der Waals surface area contributed by atoms with Gasteiger partial charge < -0.3 is 9.80 Å². The molecule has 3 aromatic heterocycles. The van der Waals surface area contributed by atoms with Gasteiger partial charge in [-0.05, 0) is 24.3 Å². The quantitative estimate of drug-likeness (QED) is 0.564. The summed E-state index contributed by atoms with van der Waals surface area (Å²) in [5.41, 5.74) is 0.764. The number of aryl methyl sites for hydroxylation is 1. The molecule has 12 heteroatoms. The molecule has 2 aliphatic rings. The van der Waals surface area contributed by atoms with Crippen molar-refractivity contribution in [2.75, 3.05) is 44.2 Å². The summed E-state index contributed by atoms with van der Waals surface area (Å²) < 4.78 is 29.5. The van der Waals surface area contributed by atoms with Gasteiger partial charge in [0.15, 0.2) is 5.65 Å². The van der Waals surface area contributed by atoms with E-state index in [0.717, 1.165) is 36.1 Å². The van der Waals surface area contributed by atoms with E-state index in [1.165, 1.54) is 22.0 Å². The highest BCUT2D eigenvalue weighted by Crippen LogP contribution is 2.29. The fourth-order valence-electron chi connectivity index (χ4n) is 4.37. The summed E-state index contributed by atoms with van der Waals surface area (Å²) in [5.74, 6) is 0.587. The molecule has 1 amide bonds. The summed E-state index contributed by atoms with van der Waals surface area (Å²) in [6, 6.07) is 1.57. The second kappa shape index (κ2) is 8.41. The molecule has 0 spiro atoms. The van der Waals surface area contributed by atoms with Crippen molar-refractivity contribution in [1.29, 1.82) is 0 Å². The Kier molecular flexibility index (Phi) is 5.59. The number of aromatic nitrogens is 4. The number of hydrogen-bond acceptors (Lipinski definition) is 8. The number of carbonyl (C=O) groups is 1. The molecule has 0 bridgehead atoms. The number of piperidine rings is 1. The Morgan fingerprint density at radius 1 is 1.03 bits per heavy atom. The first-order valence-electron chi connectivity index (χ1n) is 10.7. The molecule has 0 N–H and O–H groups in total. The van der Waals surface area contributed by atoms with E-state index >= 15 is 0 Å². The Hall–Kier alpha value is -2.57. The monoisotopic (exact) mass is 475 g/mol. The highest BCUT2D eigenvalue weighted by atomic mass is 32.2. The zero-order chi connectivity index (χ0) is 22.3. The number of nitrogens with zero attached hydrogens (tertiary/aromatic N) is 7. The third-order valence-corrected chi connectivity index (χ3v) is 9.10. The second-order valence-corrected chi connectivity index (χ2v) is 10.9. The molecule has 0 saturated carbocycles. The van der Waals surface area contributed by atoms with Crippen LogP contribution in [0.2, 0.25) is 0 Å². The summed E-state index contributed by atoms with van der Waals surface area (Å²) in [7, 11) is -1.81. The first kappa shape index (κ1) is 21.3. The summed E-state index contributed by atoms with van der Waals surface area (Å²) in [6.45, 7) is 3.23. The fraction of sp³-hybridized carbons (Fsp3) is 0.500. The van der Waals surface area contributed by atoms with Gasteiger partial charge in [-0.25, -0.2) is 18.4 Å². The van der Waals surface area contributed by atoms with Crippen LogP contribution < -0.4 is 4.90 Å². The van der Waals surface area contributed by atoms with Crippen molar-refractivity contribution >= 4 is 44.1 Å². The van der Waals surface area contributed by atoms with Crippen LogP contribution in [0.4, 0.5) is 5.82 Å². The van der Waals surface area contributed by atoms with Crippen LogP contribution in [0.1, 0.15) is 28.9 Å². The van der Waals surface area contributed by atoms with Gasteiger partial charge in [-0.3, -0.25) is 9.48 Å². The number of piperazine rings is 1. The van der Waals surface area contributed by atoms with E-state index in [2.05, 4.69) is 20.0 Å². The van der Waals surface area contributed by atoms with Crippen molar-refractivity contribution in [3.63, 3.8) is 0 Å². The normalized spacial score (nSPS) is 18.4. The maximum atomic E-state index is 13.3. The number of rotatable bonds is 4. The average Bonchev–Trinajstić information content (AvgIpc) is 3.47. The Labute approximate surface area is 190 Å². The molecule has 32 heavy (non-hydrogen) atoms. The standard InChI is InChI=1S/C20H25N7O3S2/c1-24-18-15(13-23-24)19(22-14-21-18)25-8-10-26(11-9-25)20(28)17-16(5-12-31-17)32(29,30)27-6-3-2-4-7-27/h5,12-14H,2-4,6-11H2,1H3. The minimum absolute atomic E-state index is 0.143. The number of hydrogen-bond donors (Lipinski definition) is 0. The van der Waals surface area contributed by atoms with Crippen LogP contribution >= 0.6 is 11.3 Å². The third kappa shape index (κ3) is 3.65. The number of fused-ring (bicyclic) bond motifs is 1. The van der Waals surface area contributed by atoms with Gasteiger partial charge in [-0.1, -0.05) is 6.42 Å². The Morgan fingerprint density at radius 3 is 2.53 bits per heavy atom. The van der Waals surface area contributed by atoms with Crippen LogP contribution in [0.5, 0.6) is 0 Å². The van der Waals surface area contributed by atoms with Gasteiger partial charge in [0.1, 0.15) is 21.9 Å². The van der Waals surface area contributed by atoms with Gasteiger partial charge in [0.2, 0.25) is 10.0 Å². The first-order valence-corrected chi connectivity index (χ1v) is 13.0. The number of carbonyl (C=O) groups excluding carboxylic acids is 1. The number of thiophene rings is 1. The zero-order valence-corrected chi connectivity index (χ0v) is 19.5. The predicted molar refractivity (Wildman–Crippen MR) is 121 cm³/mol. The topological polar surface area (TPSA) is 105 Å². The Bertz CT molecular complexity index is 1240. The van der Waals surface area contributed by atoms with Gasteiger partial charge >= 0.3 is 0 Å². The van der Waals surface area contributed by atoms with Crippen molar-refractivity contribution < 1.29 is 13.2 Å². The lowest BCUT2D eigenvalue weighted by Crippen LogP contribution is -2.49. The lowest BCUT2D eigenvalue weighted by Gasteiger charge is -2.35. The van der Waals surface area contributed by atoms with Crippen molar-refractivity contribution in [3.8, 4) is 0 Å². The molecule has 5 rings (SSSR count). The second-order valence-electron chi connectivity index (χ2n) is 8.06. The maximum absolute atomic E-state index is 13.3. The van der Waals surface area contributed by atoms with Gasteiger partial charge in [0, 0.05) is 46.3 Å². The van der Waals surface area contributed by atoms with Gasteiger partial charge in [-0.2, -0.15) is 9.40 Å². The van der Waals surface area contributed by atoms with Crippen LogP contribution in [0.15, 0.2) is 28.9 Å². The molecule has 2 aliphatic heterocycles. The number of sulfonamides is 1. The number of anilines is 1. The molecule has 2 fully saturated rings. The SMILES string of the molecule is Cn1ncc2c(N3CCN(C(=O)c4sccc4S(=O)(=O)N4CCCCC4)CC3)ncnc21. The van der Waals surface area contributed by atoms with Crippen LogP contribution in [0.25, 0.3) is 11.0 Å². The molecule has 5 heterocycles. The highest BCUT2D eigenvalue weighted by molar-refractivity contribution is 7.89. The molecule has 0 aromatic carbocycles. The van der Waals surface area contributed by atoms with Crippen LogP contribution in [-0.4, -0.2) is 82.5 Å². The summed E-state index contributed by atoms with van der Waals surface area (Å²) in [6.07, 6.45) is 6.05. The number of amides is 1. The molecule has 0 radical (unpaired) electrons. The van der Waals surface area contributed by atoms with Crippen LogP contribution in [0, 0.1) is 0 Å². The Balaban J connectivity index is 1.32. The Morgan fingerprint density at radius 2 is 1.78 bits per heavy atom. The first-order chi connectivity index (χ1) is 15.5. The predicted octanol–water partition coefficient (Wildman–Crippen LogP) is 1.56. The molecular formula is C20H25N7O3S2. The van der Waals surface area contributed by atoms with Crippen LogP contribution in [-0.2, 0) is 17.1 Å². The van der Waals surface area contributed by atoms with Crippen LogP contribution in [0.3, 0.4) is 0 Å². The maximum Gasteiger partial charge on any atom is 0.265 e. The molecule has 10 nitrogen and oxygen atoms in total. The van der Waals surface area contributed by atoms with E-state index in [1.807, 2.05) is 7.05 Å².